The highest BCUT2D eigenvalue weighted by Gasteiger charge is 2.56. The Balaban J connectivity index is 1.91. The molecular formula is C28H28O6. The summed E-state index contributed by atoms with van der Waals surface area (Å²) in [4.78, 5) is 38.5. The van der Waals surface area contributed by atoms with Gasteiger partial charge < -0.3 is 14.9 Å². The Bertz CT molecular complexity index is 1080. The average Bonchev–Trinajstić information content (AvgIpc) is 2.85. The fourth-order valence-corrected chi connectivity index (χ4v) is 4.15. The minimum absolute atomic E-state index is 0.0177. The fraction of sp³-hybridized carbons (Fsp3) is 0.250. The summed E-state index contributed by atoms with van der Waals surface area (Å²) >= 11 is 0. The number of rotatable bonds is 12. The first-order chi connectivity index (χ1) is 16.4. The van der Waals surface area contributed by atoms with Gasteiger partial charge in [0.2, 0.25) is 0 Å². The topological polar surface area (TPSA) is 101 Å². The number of ether oxygens (including phenoxy) is 1. The van der Waals surface area contributed by atoms with Crippen molar-refractivity contribution >= 4 is 17.9 Å². The predicted molar refractivity (Wildman–Crippen MR) is 127 cm³/mol. The van der Waals surface area contributed by atoms with Crippen molar-refractivity contribution in [3.05, 3.63) is 108 Å². The van der Waals surface area contributed by atoms with Gasteiger partial charge in [0.25, 0.3) is 0 Å². The second kappa shape index (κ2) is 11.8. The van der Waals surface area contributed by atoms with Crippen LogP contribution in [-0.4, -0.2) is 28.1 Å². The molecule has 0 aliphatic rings. The van der Waals surface area contributed by atoms with Crippen molar-refractivity contribution < 1.29 is 29.3 Å². The zero-order valence-electron chi connectivity index (χ0n) is 18.8. The van der Waals surface area contributed by atoms with Crippen LogP contribution in [0.3, 0.4) is 0 Å². The van der Waals surface area contributed by atoms with Crippen molar-refractivity contribution in [2.45, 2.75) is 32.3 Å². The van der Waals surface area contributed by atoms with Crippen LogP contribution in [0.1, 0.15) is 29.5 Å². The molecule has 3 aromatic rings. The lowest BCUT2D eigenvalue weighted by molar-refractivity contribution is -0.180. The lowest BCUT2D eigenvalue weighted by Gasteiger charge is -2.33. The monoisotopic (exact) mass is 460 g/mol. The molecule has 0 aliphatic heterocycles. The van der Waals surface area contributed by atoms with Crippen LogP contribution in [0.25, 0.3) is 0 Å². The number of hydrogen-bond acceptors (Lipinski definition) is 4. The molecule has 0 saturated heterocycles. The van der Waals surface area contributed by atoms with E-state index >= 15 is 0 Å². The van der Waals surface area contributed by atoms with E-state index in [0.29, 0.717) is 24.0 Å². The van der Waals surface area contributed by atoms with E-state index in [-0.39, 0.29) is 19.4 Å². The van der Waals surface area contributed by atoms with Crippen LogP contribution in [0, 0.1) is 11.3 Å². The van der Waals surface area contributed by atoms with Crippen molar-refractivity contribution in [2.24, 2.45) is 11.3 Å². The molecule has 0 amide bonds. The van der Waals surface area contributed by atoms with E-state index in [4.69, 9.17) is 4.74 Å². The molecular weight excluding hydrogens is 432 g/mol. The number of carboxylic acids is 2. The van der Waals surface area contributed by atoms with Gasteiger partial charge in [-0.25, -0.2) is 0 Å². The van der Waals surface area contributed by atoms with Gasteiger partial charge in [0, 0.05) is 6.42 Å². The third-order valence-corrected chi connectivity index (χ3v) is 5.98. The van der Waals surface area contributed by atoms with Gasteiger partial charge in [0.05, 0.1) is 5.92 Å². The molecule has 0 saturated carbocycles. The summed E-state index contributed by atoms with van der Waals surface area (Å²) in [5.74, 6) is -5.33. The highest BCUT2D eigenvalue weighted by Crippen LogP contribution is 2.38. The van der Waals surface area contributed by atoms with Crippen LogP contribution >= 0.6 is 0 Å². The standard InChI is InChI=1S/C28H28O6/c29-25(30)24(18-10-17-21-11-4-1-5-12-21)28(26(31)32,19-22-13-6-2-7-14-22)27(33)34-20-23-15-8-3-9-16-23/h1-9,11-16,24H,10,17-20H2,(H,29,30)(H,31,32)/t24-,28-/m1/s1. The van der Waals surface area contributed by atoms with Gasteiger partial charge >= 0.3 is 17.9 Å². The average molecular weight is 461 g/mol. The van der Waals surface area contributed by atoms with Crippen molar-refractivity contribution in [3.8, 4) is 0 Å². The van der Waals surface area contributed by atoms with E-state index in [9.17, 15) is 24.6 Å². The van der Waals surface area contributed by atoms with Crippen molar-refractivity contribution in [1.29, 1.82) is 0 Å². The summed E-state index contributed by atoms with van der Waals surface area (Å²) < 4.78 is 5.44. The van der Waals surface area contributed by atoms with Crippen molar-refractivity contribution in [3.63, 3.8) is 0 Å². The molecule has 2 atom stereocenters. The molecule has 0 fully saturated rings. The van der Waals surface area contributed by atoms with Crippen molar-refractivity contribution in [1.82, 2.24) is 0 Å². The Kier molecular flexibility index (Phi) is 8.57. The summed E-state index contributed by atoms with van der Waals surface area (Å²) in [6.07, 6.45) is 0.727. The number of benzene rings is 3. The second-order valence-corrected chi connectivity index (χ2v) is 8.27. The zero-order chi connectivity index (χ0) is 24.4. The minimum atomic E-state index is -2.27. The first-order valence-electron chi connectivity index (χ1n) is 11.2. The summed E-state index contributed by atoms with van der Waals surface area (Å²) in [5, 5.41) is 20.4. The summed E-state index contributed by atoms with van der Waals surface area (Å²) in [5.41, 5.74) is -0.0116. The number of esters is 1. The molecule has 0 spiro atoms. The van der Waals surface area contributed by atoms with Gasteiger partial charge in [0.15, 0.2) is 5.41 Å². The molecule has 6 nitrogen and oxygen atoms in total. The predicted octanol–water partition coefficient (Wildman–Crippen LogP) is 4.77. The highest BCUT2D eigenvalue weighted by atomic mass is 16.5. The van der Waals surface area contributed by atoms with Gasteiger partial charge in [-0.3, -0.25) is 14.4 Å². The number of carbonyl (C=O) groups is 3. The lowest BCUT2D eigenvalue weighted by atomic mass is 9.69. The van der Waals surface area contributed by atoms with E-state index in [2.05, 4.69) is 0 Å². The molecule has 0 heterocycles. The van der Waals surface area contributed by atoms with Crippen LogP contribution in [0.5, 0.6) is 0 Å². The summed E-state index contributed by atoms with van der Waals surface area (Å²) in [6, 6.07) is 27.0. The largest absolute Gasteiger partial charge is 0.481 e. The van der Waals surface area contributed by atoms with Crippen LogP contribution < -0.4 is 0 Å². The van der Waals surface area contributed by atoms with Crippen LogP contribution in [0.4, 0.5) is 0 Å². The molecule has 0 bridgehead atoms. The zero-order valence-corrected chi connectivity index (χ0v) is 18.8. The highest BCUT2D eigenvalue weighted by molar-refractivity contribution is 6.03. The van der Waals surface area contributed by atoms with Crippen LogP contribution in [0.15, 0.2) is 91.0 Å². The van der Waals surface area contributed by atoms with Gasteiger partial charge in [0.1, 0.15) is 6.61 Å². The maximum atomic E-state index is 13.4. The first-order valence-corrected chi connectivity index (χ1v) is 11.2. The van der Waals surface area contributed by atoms with E-state index in [1.54, 1.807) is 54.6 Å². The number of carboxylic acid groups (broad SMARTS) is 2. The maximum Gasteiger partial charge on any atom is 0.325 e. The van der Waals surface area contributed by atoms with E-state index in [0.717, 1.165) is 5.56 Å². The second-order valence-electron chi connectivity index (χ2n) is 8.27. The first kappa shape index (κ1) is 24.7. The lowest BCUT2D eigenvalue weighted by Crippen LogP contribution is -2.51. The molecule has 0 unspecified atom stereocenters. The quantitative estimate of drug-likeness (QED) is 0.298. The SMILES string of the molecule is O=C(O)[C@@H](CCCc1ccccc1)[C@](Cc1ccccc1)(C(=O)O)C(=O)OCc1ccccc1. The van der Waals surface area contributed by atoms with Gasteiger partial charge in [-0.15, -0.1) is 0 Å². The molecule has 0 aromatic heterocycles. The van der Waals surface area contributed by atoms with Gasteiger partial charge in [-0.2, -0.15) is 0 Å². The van der Waals surface area contributed by atoms with Crippen LogP contribution in [0.2, 0.25) is 0 Å². The third-order valence-electron chi connectivity index (χ3n) is 5.98. The number of aryl methyl sites for hydroxylation is 1. The number of hydrogen-bond donors (Lipinski definition) is 2. The summed E-state index contributed by atoms with van der Waals surface area (Å²) in [7, 11) is 0. The molecule has 34 heavy (non-hydrogen) atoms. The smallest absolute Gasteiger partial charge is 0.325 e. The van der Waals surface area contributed by atoms with Gasteiger partial charge in [-0.1, -0.05) is 91.0 Å². The van der Waals surface area contributed by atoms with Crippen molar-refractivity contribution in [2.75, 3.05) is 0 Å². The van der Waals surface area contributed by atoms with Crippen LogP contribution in [-0.2, 0) is 38.6 Å². The maximum absolute atomic E-state index is 13.4. The van der Waals surface area contributed by atoms with E-state index in [1.165, 1.54) is 0 Å². The summed E-state index contributed by atoms with van der Waals surface area (Å²) in [6.45, 7) is -0.139. The van der Waals surface area contributed by atoms with E-state index < -0.39 is 29.2 Å². The molecule has 3 rings (SSSR count). The Hall–Kier alpha value is -3.93. The fourth-order valence-electron chi connectivity index (χ4n) is 4.15. The normalized spacial score (nSPS) is 13.4. The molecule has 6 heteroatoms. The number of aliphatic carboxylic acids is 2. The third kappa shape index (κ3) is 6.10. The molecule has 3 aromatic carbocycles. The van der Waals surface area contributed by atoms with Gasteiger partial charge in [-0.05, 0) is 36.0 Å². The Morgan fingerprint density at radius 1 is 0.735 bits per heavy atom. The number of carbonyl (C=O) groups excluding carboxylic acids is 1. The molecule has 0 aliphatic carbocycles. The molecule has 2 N–H and O–H groups in total. The molecule has 0 radical (unpaired) electrons. The Morgan fingerprint density at radius 2 is 1.24 bits per heavy atom. The Labute approximate surface area is 198 Å². The Morgan fingerprint density at radius 3 is 1.74 bits per heavy atom. The minimum Gasteiger partial charge on any atom is -0.481 e. The van der Waals surface area contributed by atoms with E-state index in [1.807, 2.05) is 36.4 Å². The molecule has 176 valence electrons.